The van der Waals surface area contributed by atoms with Gasteiger partial charge in [0.2, 0.25) is 0 Å². The second-order valence-electron chi connectivity index (χ2n) is 5.75. The predicted octanol–water partition coefficient (Wildman–Crippen LogP) is 2.33. The molecule has 1 aromatic carbocycles. The molecule has 2 N–H and O–H groups in total. The molecule has 2 rings (SSSR count). The van der Waals surface area contributed by atoms with Gasteiger partial charge in [0, 0.05) is 12.1 Å². The van der Waals surface area contributed by atoms with E-state index in [2.05, 4.69) is 18.2 Å². The number of nitrogens with one attached hydrogen (secondary N) is 1. The summed E-state index contributed by atoms with van der Waals surface area (Å²) >= 11 is 0. The van der Waals surface area contributed by atoms with Crippen molar-refractivity contribution in [3.8, 4) is 18.1 Å². The molecule has 1 aliphatic rings. The highest BCUT2D eigenvalue weighted by molar-refractivity contribution is 5.44. The van der Waals surface area contributed by atoms with Crippen LogP contribution in [0.15, 0.2) is 24.3 Å². The molecule has 1 fully saturated rings. The molecule has 0 aliphatic heterocycles. The minimum Gasteiger partial charge on any atom is -0.490 e. The molecule has 1 unspecified atom stereocenters. The van der Waals surface area contributed by atoms with E-state index in [9.17, 15) is 5.11 Å². The summed E-state index contributed by atoms with van der Waals surface area (Å²) in [4.78, 5) is 0. The van der Waals surface area contributed by atoms with Crippen LogP contribution in [0.3, 0.4) is 0 Å². The Bertz CT molecular complexity index is 472. The molecule has 0 heterocycles. The minimum atomic E-state index is -0.529. The lowest BCUT2D eigenvalue weighted by atomic mass is 10.0. The van der Waals surface area contributed by atoms with Gasteiger partial charge < -0.3 is 15.2 Å². The predicted molar refractivity (Wildman–Crippen MR) is 80.8 cm³/mol. The quantitative estimate of drug-likeness (QED) is 0.782. The van der Waals surface area contributed by atoms with Crippen LogP contribution in [-0.4, -0.2) is 29.9 Å². The number of para-hydroxylation sites is 1. The zero-order valence-corrected chi connectivity index (χ0v) is 12.1. The van der Waals surface area contributed by atoms with Crippen LogP contribution in [0.4, 0.5) is 0 Å². The second-order valence-corrected chi connectivity index (χ2v) is 5.75. The first-order chi connectivity index (χ1) is 9.63. The van der Waals surface area contributed by atoms with Gasteiger partial charge in [0.1, 0.15) is 18.5 Å². The van der Waals surface area contributed by atoms with Crippen LogP contribution in [0, 0.1) is 12.3 Å². The van der Waals surface area contributed by atoms with Crippen molar-refractivity contribution in [2.24, 2.45) is 0 Å². The highest BCUT2D eigenvalue weighted by atomic mass is 16.5. The van der Waals surface area contributed by atoms with Crippen molar-refractivity contribution in [1.29, 1.82) is 0 Å². The molecule has 0 amide bonds. The minimum absolute atomic E-state index is 0.178. The third-order valence-electron chi connectivity index (χ3n) is 3.95. The van der Waals surface area contributed by atoms with Crippen molar-refractivity contribution in [3.05, 3.63) is 29.8 Å². The third kappa shape index (κ3) is 4.00. The molecule has 20 heavy (non-hydrogen) atoms. The molecule has 1 atom stereocenters. The number of terminal acetylenes is 1. The molecule has 3 nitrogen and oxygen atoms in total. The molecule has 1 saturated carbocycles. The van der Waals surface area contributed by atoms with E-state index in [1.165, 1.54) is 25.7 Å². The fourth-order valence-corrected chi connectivity index (χ4v) is 2.65. The van der Waals surface area contributed by atoms with Crippen LogP contribution < -0.4 is 10.1 Å². The number of rotatable bonds is 6. The molecule has 0 spiro atoms. The van der Waals surface area contributed by atoms with Gasteiger partial charge in [-0.3, -0.25) is 0 Å². The molecule has 0 saturated heterocycles. The van der Waals surface area contributed by atoms with Crippen LogP contribution in [-0.2, 0) is 0 Å². The van der Waals surface area contributed by atoms with Gasteiger partial charge in [0.25, 0.3) is 0 Å². The zero-order chi connectivity index (χ0) is 14.4. The second kappa shape index (κ2) is 6.78. The lowest BCUT2D eigenvalue weighted by Gasteiger charge is -2.27. The standard InChI is InChI=1S/C17H23NO2/c1-3-14-8-4-5-9-16(14)20-13-15(19)12-18-17(2)10-6-7-11-17/h1,4-5,8-9,15,18-19H,6-7,10-13H2,2H3. The molecule has 0 bridgehead atoms. The first-order valence-corrected chi connectivity index (χ1v) is 7.24. The number of β-amino-alcohol motifs (C(OH)–C–C–N with tert-alkyl or cyclic N) is 1. The zero-order valence-electron chi connectivity index (χ0n) is 12.1. The molecular formula is C17H23NO2. The smallest absolute Gasteiger partial charge is 0.135 e. The first kappa shape index (κ1) is 14.9. The van der Waals surface area contributed by atoms with Crippen molar-refractivity contribution in [1.82, 2.24) is 5.32 Å². The molecule has 0 radical (unpaired) electrons. The summed E-state index contributed by atoms with van der Waals surface area (Å²) in [6.07, 6.45) is 9.78. The van der Waals surface area contributed by atoms with Gasteiger partial charge in [0.05, 0.1) is 5.56 Å². The summed E-state index contributed by atoms with van der Waals surface area (Å²) in [6, 6.07) is 7.41. The highest BCUT2D eigenvalue weighted by Crippen LogP contribution is 2.28. The average molecular weight is 273 g/mol. The monoisotopic (exact) mass is 273 g/mol. The summed E-state index contributed by atoms with van der Waals surface area (Å²) in [5.41, 5.74) is 0.896. The van der Waals surface area contributed by atoms with Crippen LogP contribution in [0.2, 0.25) is 0 Å². The highest BCUT2D eigenvalue weighted by Gasteiger charge is 2.28. The topological polar surface area (TPSA) is 41.5 Å². The third-order valence-corrected chi connectivity index (χ3v) is 3.95. The Balaban J connectivity index is 1.77. The molecule has 0 aromatic heterocycles. The van der Waals surface area contributed by atoms with Gasteiger partial charge in [-0.15, -0.1) is 6.42 Å². The van der Waals surface area contributed by atoms with Gasteiger partial charge in [-0.1, -0.05) is 30.9 Å². The summed E-state index contributed by atoms with van der Waals surface area (Å²) in [5, 5.41) is 13.5. The number of hydrogen-bond acceptors (Lipinski definition) is 3. The lowest BCUT2D eigenvalue weighted by molar-refractivity contribution is 0.0978. The lowest BCUT2D eigenvalue weighted by Crippen LogP contribution is -2.44. The normalized spacial score (nSPS) is 18.4. The van der Waals surface area contributed by atoms with E-state index in [1.54, 1.807) is 0 Å². The van der Waals surface area contributed by atoms with Crippen molar-refractivity contribution in [2.75, 3.05) is 13.2 Å². The Hall–Kier alpha value is -1.50. The van der Waals surface area contributed by atoms with E-state index in [1.807, 2.05) is 24.3 Å². The summed E-state index contributed by atoms with van der Waals surface area (Å²) < 4.78 is 5.61. The summed E-state index contributed by atoms with van der Waals surface area (Å²) in [6.45, 7) is 3.03. The van der Waals surface area contributed by atoms with Crippen LogP contribution >= 0.6 is 0 Å². The first-order valence-electron chi connectivity index (χ1n) is 7.24. The van der Waals surface area contributed by atoms with Gasteiger partial charge >= 0.3 is 0 Å². The van der Waals surface area contributed by atoms with E-state index in [4.69, 9.17) is 11.2 Å². The Morgan fingerprint density at radius 3 is 2.80 bits per heavy atom. The largest absolute Gasteiger partial charge is 0.490 e. The number of ether oxygens (including phenoxy) is 1. The van der Waals surface area contributed by atoms with Crippen LogP contribution in [0.25, 0.3) is 0 Å². The van der Waals surface area contributed by atoms with Crippen molar-refractivity contribution >= 4 is 0 Å². The Morgan fingerprint density at radius 1 is 1.40 bits per heavy atom. The van der Waals surface area contributed by atoms with Gasteiger partial charge in [-0.05, 0) is 31.9 Å². The Labute approximate surface area is 121 Å². The fourth-order valence-electron chi connectivity index (χ4n) is 2.65. The number of aliphatic hydroxyl groups is 1. The molecular weight excluding hydrogens is 250 g/mol. The van der Waals surface area contributed by atoms with Crippen molar-refractivity contribution in [2.45, 2.75) is 44.2 Å². The maximum Gasteiger partial charge on any atom is 0.135 e. The van der Waals surface area contributed by atoms with E-state index < -0.39 is 6.10 Å². The van der Waals surface area contributed by atoms with Gasteiger partial charge in [-0.25, -0.2) is 0 Å². The molecule has 108 valence electrons. The van der Waals surface area contributed by atoms with E-state index >= 15 is 0 Å². The number of benzene rings is 1. The average Bonchev–Trinajstić information content (AvgIpc) is 2.90. The Kier molecular flexibility index (Phi) is 5.05. The van der Waals surface area contributed by atoms with E-state index in [0.29, 0.717) is 12.3 Å². The van der Waals surface area contributed by atoms with E-state index in [-0.39, 0.29) is 12.1 Å². The SMILES string of the molecule is C#Cc1ccccc1OCC(O)CNC1(C)CCCC1. The fraction of sp³-hybridized carbons (Fsp3) is 0.529. The number of hydrogen-bond donors (Lipinski definition) is 2. The maximum absolute atomic E-state index is 10.0. The van der Waals surface area contributed by atoms with Gasteiger partial charge in [-0.2, -0.15) is 0 Å². The van der Waals surface area contributed by atoms with Crippen molar-refractivity contribution in [3.63, 3.8) is 0 Å². The molecule has 1 aliphatic carbocycles. The molecule has 1 aromatic rings. The molecule has 3 heteroatoms. The summed E-state index contributed by atoms with van der Waals surface area (Å²) in [7, 11) is 0. The van der Waals surface area contributed by atoms with Crippen LogP contribution in [0.1, 0.15) is 38.2 Å². The van der Waals surface area contributed by atoms with E-state index in [0.717, 1.165) is 5.56 Å². The van der Waals surface area contributed by atoms with Crippen LogP contribution in [0.5, 0.6) is 5.75 Å². The van der Waals surface area contributed by atoms with Crippen molar-refractivity contribution < 1.29 is 9.84 Å². The Morgan fingerprint density at radius 2 is 2.10 bits per heavy atom. The van der Waals surface area contributed by atoms with Gasteiger partial charge in [0.15, 0.2) is 0 Å². The number of aliphatic hydroxyl groups excluding tert-OH is 1. The maximum atomic E-state index is 10.0. The summed E-state index contributed by atoms with van der Waals surface area (Å²) in [5.74, 6) is 3.23.